The van der Waals surface area contributed by atoms with E-state index in [4.69, 9.17) is 5.26 Å². The van der Waals surface area contributed by atoms with Gasteiger partial charge in [0.15, 0.2) is 0 Å². The molecule has 1 aromatic carbocycles. The summed E-state index contributed by atoms with van der Waals surface area (Å²) in [6.45, 7) is 5.60. The molecule has 2 nitrogen and oxygen atoms in total. The van der Waals surface area contributed by atoms with Gasteiger partial charge < -0.3 is 0 Å². The highest BCUT2D eigenvalue weighted by molar-refractivity contribution is 5.21. The zero-order valence-corrected chi connectivity index (χ0v) is 11.3. The maximum Gasteiger partial charge on any atom is 0.0641 e. The number of benzene rings is 1. The maximum atomic E-state index is 9.11. The quantitative estimate of drug-likeness (QED) is 0.759. The smallest absolute Gasteiger partial charge is 0.0641 e. The first-order chi connectivity index (χ1) is 8.72. The Morgan fingerprint density at radius 3 is 2.44 bits per heavy atom. The molecular formula is C16H22N2. The van der Waals surface area contributed by atoms with Crippen molar-refractivity contribution >= 4 is 0 Å². The van der Waals surface area contributed by atoms with E-state index in [2.05, 4.69) is 49.1 Å². The summed E-state index contributed by atoms with van der Waals surface area (Å²) in [5.74, 6) is 0.649. The van der Waals surface area contributed by atoms with E-state index in [1.807, 2.05) is 6.07 Å². The first-order valence-electron chi connectivity index (χ1n) is 6.90. The molecular weight excluding hydrogens is 220 g/mol. The molecule has 0 bridgehead atoms. The van der Waals surface area contributed by atoms with Crippen molar-refractivity contribution in [1.82, 2.24) is 4.90 Å². The molecule has 0 heterocycles. The van der Waals surface area contributed by atoms with Gasteiger partial charge in [-0.2, -0.15) is 5.26 Å². The van der Waals surface area contributed by atoms with Crippen molar-refractivity contribution in [2.45, 2.75) is 45.2 Å². The van der Waals surface area contributed by atoms with Crippen molar-refractivity contribution in [1.29, 1.82) is 5.26 Å². The predicted octanol–water partition coefficient (Wildman–Crippen LogP) is 3.76. The molecule has 0 aliphatic heterocycles. The van der Waals surface area contributed by atoms with E-state index in [-0.39, 0.29) is 6.04 Å². The number of rotatable bonds is 6. The molecule has 1 aromatic rings. The molecule has 0 radical (unpaired) electrons. The molecule has 0 amide bonds. The summed E-state index contributed by atoms with van der Waals surface area (Å²) >= 11 is 0. The van der Waals surface area contributed by atoms with Crippen molar-refractivity contribution in [3.05, 3.63) is 35.9 Å². The van der Waals surface area contributed by atoms with Gasteiger partial charge in [-0.1, -0.05) is 44.2 Å². The molecule has 2 rings (SSSR count). The zero-order chi connectivity index (χ0) is 13.0. The Balaban J connectivity index is 2.19. The van der Waals surface area contributed by atoms with Crippen molar-refractivity contribution in [3.8, 4) is 6.07 Å². The molecule has 1 fully saturated rings. The van der Waals surface area contributed by atoms with Gasteiger partial charge in [0.25, 0.3) is 0 Å². The Morgan fingerprint density at radius 2 is 1.94 bits per heavy atom. The third-order valence-corrected chi connectivity index (χ3v) is 3.46. The highest BCUT2D eigenvalue weighted by Gasteiger charge is 2.34. The van der Waals surface area contributed by atoms with Gasteiger partial charge in [0.05, 0.1) is 12.5 Å². The Hall–Kier alpha value is -1.33. The first kappa shape index (κ1) is 13.1. The summed E-state index contributed by atoms with van der Waals surface area (Å²) in [5, 5.41) is 9.11. The Bertz CT molecular complexity index is 401. The average molecular weight is 242 g/mol. The van der Waals surface area contributed by atoms with Gasteiger partial charge in [-0.15, -0.1) is 0 Å². The number of nitriles is 1. The van der Waals surface area contributed by atoms with Crippen LogP contribution in [0.1, 0.15) is 44.7 Å². The second kappa shape index (κ2) is 6.02. The summed E-state index contributed by atoms with van der Waals surface area (Å²) in [5.41, 5.74) is 1.28. The largest absolute Gasteiger partial charge is 0.292 e. The standard InChI is InChI=1S/C16H22N2/c1-13(2)12-18(15-8-9-15)16(10-11-17)14-6-4-3-5-7-14/h3-7,13,15-16H,8-10,12H2,1-2H3. The molecule has 2 heteroatoms. The van der Waals surface area contributed by atoms with E-state index < -0.39 is 0 Å². The number of hydrogen-bond donors (Lipinski definition) is 0. The van der Waals surface area contributed by atoms with Crippen molar-refractivity contribution in [2.24, 2.45) is 5.92 Å². The van der Waals surface area contributed by atoms with Crippen LogP contribution >= 0.6 is 0 Å². The molecule has 96 valence electrons. The molecule has 1 atom stereocenters. The van der Waals surface area contributed by atoms with E-state index in [0.717, 1.165) is 6.54 Å². The molecule has 0 saturated heterocycles. The molecule has 0 N–H and O–H groups in total. The first-order valence-corrected chi connectivity index (χ1v) is 6.90. The minimum Gasteiger partial charge on any atom is -0.292 e. The lowest BCUT2D eigenvalue weighted by Crippen LogP contribution is -2.34. The summed E-state index contributed by atoms with van der Waals surface area (Å²) in [6, 6.07) is 13.8. The van der Waals surface area contributed by atoms with Crippen LogP contribution in [-0.2, 0) is 0 Å². The maximum absolute atomic E-state index is 9.11. The molecule has 1 aliphatic rings. The summed E-state index contributed by atoms with van der Waals surface area (Å²) in [4.78, 5) is 2.54. The third-order valence-electron chi connectivity index (χ3n) is 3.46. The predicted molar refractivity (Wildman–Crippen MR) is 74.0 cm³/mol. The van der Waals surface area contributed by atoms with Gasteiger partial charge in [-0.25, -0.2) is 0 Å². The van der Waals surface area contributed by atoms with Crippen molar-refractivity contribution in [3.63, 3.8) is 0 Å². The minimum absolute atomic E-state index is 0.270. The minimum atomic E-state index is 0.270. The van der Waals surface area contributed by atoms with Gasteiger partial charge >= 0.3 is 0 Å². The van der Waals surface area contributed by atoms with E-state index >= 15 is 0 Å². The highest BCUT2D eigenvalue weighted by Crippen LogP contribution is 2.36. The molecule has 0 spiro atoms. The van der Waals surface area contributed by atoms with Gasteiger partial charge in [-0.3, -0.25) is 4.90 Å². The Kier molecular flexibility index (Phi) is 4.38. The lowest BCUT2D eigenvalue weighted by molar-refractivity contribution is 0.167. The second-order valence-corrected chi connectivity index (χ2v) is 5.61. The van der Waals surface area contributed by atoms with E-state index in [0.29, 0.717) is 18.4 Å². The zero-order valence-electron chi connectivity index (χ0n) is 11.3. The molecule has 0 aromatic heterocycles. The van der Waals surface area contributed by atoms with Gasteiger partial charge in [0.2, 0.25) is 0 Å². The van der Waals surface area contributed by atoms with E-state index in [1.165, 1.54) is 18.4 Å². The lowest BCUT2D eigenvalue weighted by Gasteiger charge is -2.32. The van der Waals surface area contributed by atoms with E-state index in [9.17, 15) is 0 Å². The Morgan fingerprint density at radius 1 is 1.28 bits per heavy atom. The van der Waals surface area contributed by atoms with Crippen LogP contribution < -0.4 is 0 Å². The summed E-state index contributed by atoms with van der Waals surface area (Å²) < 4.78 is 0. The monoisotopic (exact) mass is 242 g/mol. The van der Waals surface area contributed by atoms with Crippen LogP contribution in [0.4, 0.5) is 0 Å². The fourth-order valence-electron chi connectivity index (χ4n) is 2.55. The lowest BCUT2D eigenvalue weighted by atomic mass is 10.0. The summed E-state index contributed by atoms with van der Waals surface area (Å²) in [7, 11) is 0. The van der Waals surface area contributed by atoms with E-state index in [1.54, 1.807) is 0 Å². The second-order valence-electron chi connectivity index (χ2n) is 5.61. The fourth-order valence-corrected chi connectivity index (χ4v) is 2.55. The van der Waals surface area contributed by atoms with Gasteiger partial charge in [0, 0.05) is 18.6 Å². The SMILES string of the molecule is CC(C)CN(C1CC1)C(CC#N)c1ccccc1. The molecule has 1 unspecified atom stereocenters. The van der Waals surface area contributed by atoms with Crippen LogP contribution in [0.25, 0.3) is 0 Å². The van der Waals surface area contributed by atoms with Crippen molar-refractivity contribution in [2.75, 3.05) is 6.54 Å². The van der Waals surface area contributed by atoms with Crippen LogP contribution in [0.3, 0.4) is 0 Å². The van der Waals surface area contributed by atoms with Crippen LogP contribution in [0, 0.1) is 17.2 Å². The third kappa shape index (κ3) is 3.34. The van der Waals surface area contributed by atoms with Crippen LogP contribution in [0.5, 0.6) is 0 Å². The van der Waals surface area contributed by atoms with Crippen LogP contribution in [0.2, 0.25) is 0 Å². The van der Waals surface area contributed by atoms with Gasteiger partial charge in [0.1, 0.15) is 0 Å². The number of nitrogens with zero attached hydrogens (tertiary/aromatic N) is 2. The fraction of sp³-hybridized carbons (Fsp3) is 0.562. The highest BCUT2D eigenvalue weighted by atomic mass is 15.2. The average Bonchev–Trinajstić information content (AvgIpc) is 3.18. The van der Waals surface area contributed by atoms with Crippen LogP contribution in [-0.4, -0.2) is 17.5 Å². The molecule has 18 heavy (non-hydrogen) atoms. The molecule has 1 aliphatic carbocycles. The normalized spacial score (nSPS) is 16.8. The topological polar surface area (TPSA) is 27.0 Å². The molecule has 1 saturated carbocycles. The summed E-state index contributed by atoms with van der Waals surface area (Å²) in [6.07, 6.45) is 3.18. The van der Waals surface area contributed by atoms with Gasteiger partial charge in [-0.05, 0) is 24.3 Å². The number of hydrogen-bond acceptors (Lipinski definition) is 2. The van der Waals surface area contributed by atoms with Crippen molar-refractivity contribution < 1.29 is 0 Å². The van der Waals surface area contributed by atoms with Crippen LogP contribution in [0.15, 0.2) is 30.3 Å². The Labute approximate surface area is 110 Å².